The molecule has 0 radical (unpaired) electrons. The second-order valence-electron chi connectivity index (χ2n) is 4.47. The van der Waals surface area contributed by atoms with E-state index in [4.69, 9.17) is 5.73 Å². The maximum absolute atomic E-state index is 5.88. The number of thiophene rings is 1. The van der Waals surface area contributed by atoms with Crippen LogP contribution in [0.3, 0.4) is 0 Å². The Morgan fingerprint density at radius 3 is 3.00 bits per heavy atom. The molecule has 2 aromatic rings. The monoisotopic (exact) mass is 262 g/mol. The van der Waals surface area contributed by atoms with Crippen molar-refractivity contribution in [2.75, 3.05) is 5.75 Å². The van der Waals surface area contributed by atoms with Crippen LogP contribution in [0.5, 0.6) is 0 Å². The van der Waals surface area contributed by atoms with E-state index in [0.717, 1.165) is 12.2 Å². The molecule has 17 heavy (non-hydrogen) atoms. The summed E-state index contributed by atoms with van der Waals surface area (Å²) in [6.07, 6.45) is 1.05. The van der Waals surface area contributed by atoms with Gasteiger partial charge in [-0.15, -0.1) is 11.3 Å². The summed E-state index contributed by atoms with van der Waals surface area (Å²) < 4.78 is 1.33. The van der Waals surface area contributed by atoms with Crippen molar-refractivity contribution in [2.45, 2.75) is 18.9 Å². The first-order valence-corrected chi connectivity index (χ1v) is 7.50. The second kappa shape index (κ2) is 4.03. The zero-order valence-electron chi connectivity index (χ0n) is 9.64. The number of aliphatic imine (C=N–C) groups is 1. The molecular formula is C13H14N2S2. The van der Waals surface area contributed by atoms with E-state index in [1.165, 1.54) is 15.6 Å². The van der Waals surface area contributed by atoms with Crippen molar-refractivity contribution in [3.8, 4) is 0 Å². The van der Waals surface area contributed by atoms with Gasteiger partial charge in [0, 0.05) is 10.5 Å². The van der Waals surface area contributed by atoms with Crippen molar-refractivity contribution in [1.82, 2.24) is 0 Å². The van der Waals surface area contributed by atoms with E-state index in [0.29, 0.717) is 5.17 Å². The van der Waals surface area contributed by atoms with Crippen LogP contribution in [0.15, 0.2) is 34.6 Å². The van der Waals surface area contributed by atoms with E-state index >= 15 is 0 Å². The first-order valence-electron chi connectivity index (χ1n) is 5.64. The molecule has 0 aliphatic carbocycles. The lowest BCUT2D eigenvalue weighted by Crippen LogP contribution is -2.28. The van der Waals surface area contributed by atoms with Crippen LogP contribution in [0, 0.1) is 0 Å². The number of amidine groups is 1. The maximum atomic E-state index is 5.88. The van der Waals surface area contributed by atoms with Gasteiger partial charge in [-0.3, -0.25) is 4.99 Å². The van der Waals surface area contributed by atoms with Crippen molar-refractivity contribution in [2.24, 2.45) is 10.7 Å². The van der Waals surface area contributed by atoms with Gasteiger partial charge in [-0.05, 0) is 35.7 Å². The molecule has 2 N–H and O–H groups in total. The highest BCUT2D eigenvalue weighted by Crippen LogP contribution is 2.40. The fourth-order valence-corrected chi connectivity index (χ4v) is 4.34. The topological polar surface area (TPSA) is 38.4 Å². The minimum Gasteiger partial charge on any atom is -0.379 e. The SMILES string of the molecule is CC1(c2csc3ccccc23)CCSC(N)=N1. The van der Waals surface area contributed by atoms with Crippen LogP contribution >= 0.6 is 23.1 Å². The predicted molar refractivity (Wildman–Crippen MR) is 77.9 cm³/mol. The molecular weight excluding hydrogens is 248 g/mol. The van der Waals surface area contributed by atoms with Gasteiger partial charge in [-0.25, -0.2) is 0 Å². The Labute approximate surface area is 109 Å². The summed E-state index contributed by atoms with van der Waals surface area (Å²) in [5, 5.41) is 4.27. The van der Waals surface area contributed by atoms with Gasteiger partial charge >= 0.3 is 0 Å². The van der Waals surface area contributed by atoms with Gasteiger partial charge in [0.1, 0.15) is 0 Å². The van der Waals surface area contributed by atoms with E-state index in [9.17, 15) is 0 Å². The highest BCUT2D eigenvalue weighted by Gasteiger charge is 2.31. The number of hydrogen-bond donors (Lipinski definition) is 1. The first kappa shape index (κ1) is 11.1. The van der Waals surface area contributed by atoms with Crippen molar-refractivity contribution in [1.29, 1.82) is 0 Å². The third kappa shape index (κ3) is 1.85. The lowest BCUT2D eigenvalue weighted by molar-refractivity contribution is 0.487. The van der Waals surface area contributed by atoms with Crippen molar-refractivity contribution in [3.63, 3.8) is 0 Å². The van der Waals surface area contributed by atoms with Gasteiger partial charge in [0.2, 0.25) is 0 Å². The summed E-state index contributed by atoms with van der Waals surface area (Å²) >= 11 is 3.44. The van der Waals surface area contributed by atoms with Gasteiger partial charge in [0.25, 0.3) is 0 Å². The number of fused-ring (bicyclic) bond motifs is 1. The van der Waals surface area contributed by atoms with Crippen LogP contribution in [0.4, 0.5) is 0 Å². The lowest BCUT2D eigenvalue weighted by Gasteiger charge is -2.29. The molecule has 0 saturated heterocycles. The molecule has 1 atom stereocenters. The number of thioether (sulfide) groups is 1. The number of hydrogen-bond acceptors (Lipinski definition) is 4. The molecule has 2 heterocycles. The zero-order valence-corrected chi connectivity index (χ0v) is 11.3. The summed E-state index contributed by atoms with van der Waals surface area (Å²) in [6.45, 7) is 2.19. The van der Waals surface area contributed by atoms with E-state index in [1.54, 1.807) is 23.1 Å². The second-order valence-corrected chi connectivity index (χ2v) is 6.49. The van der Waals surface area contributed by atoms with Gasteiger partial charge in [0.05, 0.1) is 5.54 Å². The van der Waals surface area contributed by atoms with Crippen molar-refractivity contribution in [3.05, 3.63) is 35.2 Å². The standard InChI is InChI=1S/C13H14N2S2/c1-13(6-7-16-12(14)15-13)10-8-17-11-5-3-2-4-9(10)11/h2-5,8H,6-7H2,1H3,(H2,14,15). The molecule has 4 heteroatoms. The van der Waals surface area contributed by atoms with Crippen LogP contribution in [0.1, 0.15) is 18.9 Å². The van der Waals surface area contributed by atoms with Crippen LogP contribution < -0.4 is 5.73 Å². The van der Waals surface area contributed by atoms with E-state index in [1.807, 2.05) is 0 Å². The molecule has 1 aliphatic rings. The summed E-state index contributed by atoms with van der Waals surface area (Å²) in [6, 6.07) is 8.52. The summed E-state index contributed by atoms with van der Waals surface area (Å²) in [5.41, 5.74) is 7.05. The Morgan fingerprint density at radius 2 is 2.18 bits per heavy atom. The average molecular weight is 262 g/mol. The third-order valence-electron chi connectivity index (χ3n) is 3.26. The molecule has 0 amide bonds. The minimum absolute atomic E-state index is 0.144. The Morgan fingerprint density at radius 1 is 1.35 bits per heavy atom. The number of rotatable bonds is 1. The van der Waals surface area contributed by atoms with E-state index in [-0.39, 0.29) is 5.54 Å². The largest absolute Gasteiger partial charge is 0.379 e. The van der Waals surface area contributed by atoms with Gasteiger partial charge in [-0.2, -0.15) is 0 Å². The van der Waals surface area contributed by atoms with Crippen LogP contribution in [-0.2, 0) is 5.54 Å². The molecule has 0 bridgehead atoms. The molecule has 3 rings (SSSR count). The minimum atomic E-state index is -0.144. The molecule has 1 unspecified atom stereocenters. The quantitative estimate of drug-likeness (QED) is 0.853. The van der Waals surface area contributed by atoms with Crippen molar-refractivity contribution < 1.29 is 0 Å². The zero-order chi connectivity index (χ0) is 11.9. The third-order valence-corrected chi connectivity index (χ3v) is 5.02. The smallest absolute Gasteiger partial charge is 0.154 e. The Hall–Kier alpha value is -1.00. The average Bonchev–Trinajstić information content (AvgIpc) is 2.72. The maximum Gasteiger partial charge on any atom is 0.154 e. The summed E-state index contributed by atoms with van der Waals surface area (Å²) in [7, 11) is 0. The Balaban J connectivity index is 2.18. The van der Waals surface area contributed by atoms with Gasteiger partial charge < -0.3 is 5.73 Å². The number of nitrogens with two attached hydrogens (primary N) is 1. The van der Waals surface area contributed by atoms with Crippen LogP contribution in [0.2, 0.25) is 0 Å². The van der Waals surface area contributed by atoms with E-state index in [2.05, 4.69) is 41.6 Å². The van der Waals surface area contributed by atoms with Crippen molar-refractivity contribution >= 4 is 38.4 Å². The molecule has 88 valence electrons. The first-order chi connectivity index (χ1) is 8.19. The van der Waals surface area contributed by atoms with Gasteiger partial charge in [-0.1, -0.05) is 30.0 Å². The Bertz CT molecular complexity index is 588. The molecule has 0 fully saturated rings. The fourth-order valence-electron chi connectivity index (χ4n) is 2.28. The van der Waals surface area contributed by atoms with E-state index < -0.39 is 0 Å². The molecule has 1 aliphatic heterocycles. The fraction of sp³-hybridized carbons (Fsp3) is 0.308. The number of benzene rings is 1. The lowest BCUT2D eigenvalue weighted by atomic mass is 9.89. The highest BCUT2D eigenvalue weighted by atomic mass is 32.2. The predicted octanol–water partition coefficient (Wildman–Crippen LogP) is 3.57. The molecule has 0 saturated carbocycles. The van der Waals surface area contributed by atoms with Crippen LogP contribution in [0.25, 0.3) is 10.1 Å². The van der Waals surface area contributed by atoms with Crippen LogP contribution in [-0.4, -0.2) is 10.9 Å². The molecule has 1 aromatic carbocycles. The summed E-state index contributed by atoms with van der Waals surface area (Å²) in [4.78, 5) is 4.67. The molecule has 2 nitrogen and oxygen atoms in total. The normalized spacial score (nSPS) is 24.9. The van der Waals surface area contributed by atoms with Gasteiger partial charge in [0.15, 0.2) is 5.17 Å². The Kier molecular flexibility index (Phi) is 2.64. The molecule has 0 spiro atoms. The summed E-state index contributed by atoms with van der Waals surface area (Å²) in [5.74, 6) is 1.05. The number of nitrogens with zero attached hydrogens (tertiary/aromatic N) is 1. The molecule has 1 aromatic heterocycles. The highest BCUT2D eigenvalue weighted by molar-refractivity contribution is 8.13.